The maximum atomic E-state index is 12.9. The fourth-order valence-corrected chi connectivity index (χ4v) is 3.99. The predicted molar refractivity (Wildman–Crippen MR) is 110 cm³/mol. The van der Waals surface area contributed by atoms with Crippen molar-refractivity contribution in [3.8, 4) is 5.75 Å². The van der Waals surface area contributed by atoms with Crippen molar-refractivity contribution in [3.05, 3.63) is 29.7 Å². The van der Waals surface area contributed by atoms with E-state index in [1.165, 1.54) is 32.1 Å². The first kappa shape index (κ1) is 20.6. The van der Waals surface area contributed by atoms with Crippen LogP contribution in [0.25, 0.3) is 5.65 Å². The topological polar surface area (TPSA) is 75.9 Å². The Kier molecular flexibility index (Phi) is 6.94. The van der Waals surface area contributed by atoms with E-state index in [0.717, 1.165) is 12.2 Å². The third kappa shape index (κ3) is 4.49. The van der Waals surface area contributed by atoms with Crippen LogP contribution in [0, 0.1) is 18.8 Å². The van der Waals surface area contributed by atoms with Crippen LogP contribution in [-0.4, -0.2) is 39.7 Å². The highest BCUT2D eigenvalue weighted by atomic mass is 16.5. The SMILES string of the molecule is CC[C@H](C)[C@@H](CO)NC(=O)c1c(C)nc2c(OCC3CCCCC3)cccn12. The molecule has 0 radical (unpaired) electrons. The van der Waals surface area contributed by atoms with E-state index in [0.29, 0.717) is 29.6 Å². The Bertz CT molecular complexity index is 796. The molecular formula is C22H33N3O3. The molecule has 2 aromatic rings. The Labute approximate surface area is 167 Å². The summed E-state index contributed by atoms with van der Waals surface area (Å²) in [4.78, 5) is 17.5. The van der Waals surface area contributed by atoms with Gasteiger partial charge < -0.3 is 15.2 Å². The van der Waals surface area contributed by atoms with Crippen molar-refractivity contribution in [2.45, 2.75) is 65.3 Å². The summed E-state index contributed by atoms with van der Waals surface area (Å²) in [5.74, 6) is 1.31. The minimum atomic E-state index is -0.270. The van der Waals surface area contributed by atoms with Crippen molar-refractivity contribution < 1.29 is 14.6 Å². The van der Waals surface area contributed by atoms with Crippen molar-refractivity contribution in [3.63, 3.8) is 0 Å². The zero-order valence-corrected chi connectivity index (χ0v) is 17.3. The van der Waals surface area contributed by atoms with Gasteiger partial charge in [0.05, 0.1) is 24.9 Å². The second-order valence-electron chi connectivity index (χ2n) is 8.07. The van der Waals surface area contributed by atoms with Crippen LogP contribution in [-0.2, 0) is 0 Å². The summed E-state index contributed by atoms with van der Waals surface area (Å²) in [5.41, 5.74) is 1.83. The third-order valence-corrected chi connectivity index (χ3v) is 6.05. The molecule has 1 aliphatic rings. The lowest BCUT2D eigenvalue weighted by Crippen LogP contribution is -2.42. The lowest BCUT2D eigenvalue weighted by Gasteiger charge is -2.22. The van der Waals surface area contributed by atoms with Gasteiger partial charge in [0.15, 0.2) is 11.4 Å². The molecule has 1 aliphatic carbocycles. The van der Waals surface area contributed by atoms with Crippen LogP contribution < -0.4 is 10.1 Å². The summed E-state index contributed by atoms with van der Waals surface area (Å²) in [5, 5.41) is 12.6. The lowest BCUT2D eigenvalue weighted by molar-refractivity contribution is 0.0884. The molecule has 2 atom stereocenters. The molecule has 3 rings (SSSR count). The van der Waals surface area contributed by atoms with Crippen LogP contribution in [0.5, 0.6) is 5.75 Å². The second-order valence-corrected chi connectivity index (χ2v) is 8.07. The molecule has 0 spiro atoms. The van der Waals surface area contributed by atoms with Gasteiger partial charge in [-0.15, -0.1) is 0 Å². The number of carbonyl (C=O) groups excluding carboxylic acids is 1. The number of ether oxygens (including phenoxy) is 1. The van der Waals surface area contributed by atoms with Gasteiger partial charge in [-0.2, -0.15) is 0 Å². The fourth-order valence-electron chi connectivity index (χ4n) is 3.99. The van der Waals surface area contributed by atoms with Gasteiger partial charge in [-0.25, -0.2) is 4.98 Å². The highest BCUT2D eigenvalue weighted by Crippen LogP contribution is 2.27. The summed E-state index contributed by atoms with van der Waals surface area (Å²) >= 11 is 0. The van der Waals surface area contributed by atoms with Gasteiger partial charge in [0, 0.05) is 6.20 Å². The van der Waals surface area contributed by atoms with Crippen molar-refractivity contribution in [2.24, 2.45) is 11.8 Å². The van der Waals surface area contributed by atoms with Gasteiger partial charge in [0.1, 0.15) is 5.69 Å². The zero-order chi connectivity index (χ0) is 20.1. The van der Waals surface area contributed by atoms with Gasteiger partial charge in [0.25, 0.3) is 5.91 Å². The van der Waals surface area contributed by atoms with Crippen molar-refractivity contribution >= 4 is 11.6 Å². The minimum absolute atomic E-state index is 0.0771. The van der Waals surface area contributed by atoms with E-state index in [4.69, 9.17) is 4.74 Å². The van der Waals surface area contributed by atoms with Crippen molar-refractivity contribution in [2.75, 3.05) is 13.2 Å². The van der Waals surface area contributed by atoms with E-state index < -0.39 is 0 Å². The first-order valence-electron chi connectivity index (χ1n) is 10.6. The summed E-state index contributed by atoms with van der Waals surface area (Å²) in [6, 6.07) is 3.54. The molecule has 1 amide bonds. The highest BCUT2D eigenvalue weighted by Gasteiger charge is 2.24. The normalized spacial score (nSPS) is 17.4. The second kappa shape index (κ2) is 9.41. The summed E-state index contributed by atoms with van der Waals surface area (Å²) in [6.45, 7) is 6.54. The number of nitrogens with zero attached hydrogens (tertiary/aromatic N) is 2. The van der Waals surface area contributed by atoms with Crippen LogP contribution in [0.15, 0.2) is 18.3 Å². The number of aliphatic hydroxyl groups is 1. The quantitative estimate of drug-likeness (QED) is 0.723. The van der Waals surface area contributed by atoms with E-state index in [1.807, 2.05) is 32.2 Å². The Balaban J connectivity index is 1.80. The highest BCUT2D eigenvalue weighted by molar-refractivity contribution is 5.95. The van der Waals surface area contributed by atoms with Crippen LogP contribution >= 0.6 is 0 Å². The Morgan fingerprint density at radius 1 is 1.39 bits per heavy atom. The Hall–Kier alpha value is -2.08. The number of aromatic nitrogens is 2. The third-order valence-electron chi connectivity index (χ3n) is 6.05. The monoisotopic (exact) mass is 387 g/mol. The smallest absolute Gasteiger partial charge is 0.270 e. The van der Waals surface area contributed by atoms with Crippen LogP contribution in [0.1, 0.15) is 68.6 Å². The molecule has 0 unspecified atom stereocenters. The molecule has 0 aliphatic heterocycles. The number of imidazole rings is 1. The molecule has 2 aromatic heterocycles. The number of hydrogen-bond donors (Lipinski definition) is 2. The Morgan fingerprint density at radius 3 is 2.82 bits per heavy atom. The number of rotatable bonds is 8. The molecule has 28 heavy (non-hydrogen) atoms. The number of hydrogen-bond acceptors (Lipinski definition) is 4. The number of carbonyl (C=O) groups is 1. The van der Waals surface area contributed by atoms with Crippen molar-refractivity contribution in [1.82, 2.24) is 14.7 Å². The molecule has 0 aromatic carbocycles. The number of amides is 1. The van der Waals surface area contributed by atoms with Gasteiger partial charge in [0.2, 0.25) is 0 Å². The summed E-state index contributed by atoms with van der Waals surface area (Å²) < 4.78 is 7.91. The lowest BCUT2D eigenvalue weighted by atomic mass is 9.90. The average Bonchev–Trinajstić information content (AvgIpc) is 3.06. The maximum Gasteiger partial charge on any atom is 0.270 e. The van der Waals surface area contributed by atoms with E-state index in [9.17, 15) is 9.90 Å². The van der Waals surface area contributed by atoms with E-state index in [2.05, 4.69) is 17.2 Å². The molecule has 1 saturated carbocycles. The molecule has 154 valence electrons. The number of aryl methyl sites for hydroxylation is 1. The molecule has 0 bridgehead atoms. The predicted octanol–water partition coefficient (Wildman–Crippen LogP) is 3.74. The molecule has 2 heterocycles. The van der Waals surface area contributed by atoms with E-state index in [-0.39, 0.29) is 24.5 Å². The largest absolute Gasteiger partial charge is 0.489 e. The number of fused-ring (bicyclic) bond motifs is 1. The minimum Gasteiger partial charge on any atom is -0.489 e. The van der Waals surface area contributed by atoms with E-state index >= 15 is 0 Å². The molecule has 1 fully saturated rings. The molecule has 2 N–H and O–H groups in total. The maximum absolute atomic E-state index is 12.9. The standard InChI is InChI=1S/C22H33N3O3/c1-4-15(2)18(13-26)24-22(27)20-16(3)23-21-19(11-8-12-25(20)21)28-14-17-9-6-5-7-10-17/h8,11-12,15,17-18,26H,4-7,9-10,13-14H2,1-3H3,(H,24,27)/t15-,18+/m0/s1. The van der Waals surface area contributed by atoms with E-state index in [1.54, 1.807) is 4.40 Å². The van der Waals surface area contributed by atoms with Gasteiger partial charge in [-0.1, -0.05) is 39.5 Å². The first-order valence-corrected chi connectivity index (χ1v) is 10.6. The summed E-state index contributed by atoms with van der Waals surface area (Å²) in [6.07, 6.45) is 9.08. The molecule has 0 saturated heterocycles. The van der Waals surface area contributed by atoms with Gasteiger partial charge >= 0.3 is 0 Å². The van der Waals surface area contributed by atoms with Crippen LogP contribution in [0.4, 0.5) is 0 Å². The zero-order valence-electron chi connectivity index (χ0n) is 17.3. The molecule has 6 heteroatoms. The van der Waals surface area contributed by atoms with Gasteiger partial charge in [-0.3, -0.25) is 9.20 Å². The Morgan fingerprint density at radius 2 is 2.14 bits per heavy atom. The van der Waals surface area contributed by atoms with Crippen molar-refractivity contribution in [1.29, 1.82) is 0 Å². The van der Waals surface area contributed by atoms with Gasteiger partial charge in [-0.05, 0) is 43.7 Å². The van der Waals surface area contributed by atoms with Crippen LogP contribution in [0.2, 0.25) is 0 Å². The summed E-state index contributed by atoms with van der Waals surface area (Å²) in [7, 11) is 0. The first-order chi connectivity index (χ1) is 13.5. The molecular weight excluding hydrogens is 354 g/mol. The van der Waals surface area contributed by atoms with Crippen LogP contribution in [0.3, 0.4) is 0 Å². The molecule has 6 nitrogen and oxygen atoms in total. The number of aliphatic hydroxyl groups excluding tert-OH is 1. The number of nitrogens with one attached hydrogen (secondary N) is 1. The number of pyridine rings is 1. The average molecular weight is 388 g/mol. The fraction of sp³-hybridized carbons (Fsp3) is 0.636.